The second-order valence-electron chi connectivity index (χ2n) is 5.24. The van der Waals surface area contributed by atoms with E-state index in [1.807, 2.05) is 6.92 Å². The Kier molecular flexibility index (Phi) is 3.98. The van der Waals surface area contributed by atoms with Crippen molar-refractivity contribution in [2.24, 2.45) is 0 Å². The largest absolute Gasteiger partial charge is 0.325 e. The van der Waals surface area contributed by atoms with Gasteiger partial charge in [-0.05, 0) is 26.0 Å². The van der Waals surface area contributed by atoms with Crippen molar-refractivity contribution >= 4 is 23.4 Å². The molecule has 0 unspecified atom stereocenters. The maximum Gasteiger partial charge on any atom is 0.257 e. The number of aromatic nitrogens is 3. The molecule has 114 valence electrons. The monoisotopic (exact) mass is 316 g/mol. The van der Waals surface area contributed by atoms with E-state index < -0.39 is 0 Å². The number of pyridine rings is 1. The van der Waals surface area contributed by atoms with Gasteiger partial charge in [-0.3, -0.25) is 19.1 Å². The third-order valence-electron chi connectivity index (χ3n) is 3.69. The average molecular weight is 316 g/mol. The summed E-state index contributed by atoms with van der Waals surface area (Å²) in [6.45, 7) is 3.61. The van der Waals surface area contributed by atoms with Gasteiger partial charge in [0, 0.05) is 29.6 Å². The predicted octanol–water partition coefficient (Wildman–Crippen LogP) is 1.93. The topological polar surface area (TPSA) is 76.9 Å². The van der Waals surface area contributed by atoms with Gasteiger partial charge in [-0.15, -0.1) is 0 Å². The number of nitrogens with zero attached hydrogens (tertiary/aromatic N) is 3. The maximum atomic E-state index is 12.4. The first-order chi connectivity index (χ1) is 10.6. The Morgan fingerprint density at radius 2 is 2.32 bits per heavy atom. The van der Waals surface area contributed by atoms with E-state index >= 15 is 0 Å². The van der Waals surface area contributed by atoms with E-state index in [-0.39, 0.29) is 23.9 Å². The number of carbonyl (C=O) groups is 1. The van der Waals surface area contributed by atoms with E-state index in [1.165, 1.54) is 11.8 Å². The van der Waals surface area contributed by atoms with Crippen molar-refractivity contribution in [1.82, 2.24) is 14.5 Å². The normalized spacial score (nSPS) is 16.4. The van der Waals surface area contributed by atoms with Crippen LogP contribution in [0.1, 0.15) is 23.7 Å². The molecule has 1 N–H and O–H groups in total. The number of hydrogen-bond acceptors (Lipinski definition) is 5. The van der Waals surface area contributed by atoms with Gasteiger partial charge in [0.1, 0.15) is 0 Å². The second kappa shape index (κ2) is 5.92. The minimum Gasteiger partial charge on any atom is -0.325 e. The van der Waals surface area contributed by atoms with Gasteiger partial charge in [-0.25, -0.2) is 4.98 Å². The van der Waals surface area contributed by atoms with E-state index in [2.05, 4.69) is 15.3 Å². The summed E-state index contributed by atoms with van der Waals surface area (Å²) in [7, 11) is 0. The van der Waals surface area contributed by atoms with Crippen LogP contribution in [-0.2, 0) is 4.79 Å². The Hall–Kier alpha value is -2.15. The SMILES string of the molecule is Cc1nc2n(c(=O)c1C)[C@@H](CC(=O)Nc1cccnc1)CS2. The molecule has 0 aliphatic carbocycles. The lowest BCUT2D eigenvalue weighted by Gasteiger charge is -2.14. The molecule has 2 aromatic heterocycles. The van der Waals surface area contributed by atoms with Crippen molar-refractivity contribution in [3.8, 4) is 0 Å². The number of nitrogens with one attached hydrogen (secondary N) is 1. The molecule has 7 heteroatoms. The van der Waals surface area contributed by atoms with Crippen LogP contribution in [0, 0.1) is 13.8 Å². The molecular weight excluding hydrogens is 300 g/mol. The molecule has 22 heavy (non-hydrogen) atoms. The highest BCUT2D eigenvalue weighted by Crippen LogP contribution is 2.32. The first-order valence-corrected chi connectivity index (χ1v) is 7.97. The zero-order valence-corrected chi connectivity index (χ0v) is 13.2. The molecule has 0 fully saturated rings. The number of fused-ring (bicyclic) bond motifs is 1. The van der Waals surface area contributed by atoms with Crippen LogP contribution in [0.5, 0.6) is 0 Å². The summed E-state index contributed by atoms with van der Waals surface area (Å²) < 4.78 is 1.65. The first-order valence-electron chi connectivity index (χ1n) is 6.98. The van der Waals surface area contributed by atoms with Crippen molar-refractivity contribution in [3.05, 3.63) is 46.1 Å². The van der Waals surface area contributed by atoms with Crippen LogP contribution < -0.4 is 10.9 Å². The van der Waals surface area contributed by atoms with Gasteiger partial charge < -0.3 is 5.32 Å². The van der Waals surface area contributed by atoms with Crippen LogP contribution in [0.3, 0.4) is 0 Å². The van der Waals surface area contributed by atoms with Crippen LogP contribution in [0.4, 0.5) is 5.69 Å². The fraction of sp³-hybridized carbons (Fsp3) is 0.333. The molecule has 1 atom stereocenters. The van der Waals surface area contributed by atoms with Crippen LogP contribution in [0.2, 0.25) is 0 Å². The summed E-state index contributed by atoms with van der Waals surface area (Å²) in [4.78, 5) is 33.0. The third-order valence-corrected chi connectivity index (χ3v) is 4.79. The minimum atomic E-state index is -0.157. The molecule has 2 aromatic rings. The predicted molar refractivity (Wildman–Crippen MR) is 85.2 cm³/mol. The number of anilines is 1. The average Bonchev–Trinajstić information content (AvgIpc) is 2.88. The highest BCUT2D eigenvalue weighted by Gasteiger charge is 2.28. The van der Waals surface area contributed by atoms with Gasteiger partial charge in [0.05, 0.1) is 17.9 Å². The van der Waals surface area contributed by atoms with Crippen molar-refractivity contribution in [2.45, 2.75) is 31.5 Å². The molecule has 6 nitrogen and oxygen atoms in total. The lowest BCUT2D eigenvalue weighted by molar-refractivity contribution is -0.116. The maximum absolute atomic E-state index is 12.4. The van der Waals surface area contributed by atoms with Gasteiger partial charge >= 0.3 is 0 Å². The molecule has 1 amide bonds. The number of aryl methyl sites for hydroxylation is 1. The summed E-state index contributed by atoms with van der Waals surface area (Å²) in [5.41, 5.74) is 2.00. The van der Waals surface area contributed by atoms with Gasteiger partial charge in [-0.1, -0.05) is 11.8 Å². The smallest absolute Gasteiger partial charge is 0.257 e. The fourth-order valence-electron chi connectivity index (χ4n) is 2.39. The van der Waals surface area contributed by atoms with Crippen molar-refractivity contribution in [1.29, 1.82) is 0 Å². The summed E-state index contributed by atoms with van der Waals surface area (Å²) in [6, 6.07) is 3.39. The standard InChI is InChI=1S/C15H16N4O2S/c1-9-10(2)17-15-19(14(9)21)12(8-22-15)6-13(20)18-11-4-3-5-16-7-11/h3-5,7,12H,6,8H2,1-2H3,(H,18,20)/t12-/m0/s1. The van der Waals surface area contributed by atoms with Crippen LogP contribution >= 0.6 is 11.8 Å². The molecule has 0 radical (unpaired) electrons. The van der Waals surface area contributed by atoms with Gasteiger partial charge in [0.25, 0.3) is 5.56 Å². The molecular formula is C15H16N4O2S. The number of hydrogen-bond donors (Lipinski definition) is 1. The highest BCUT2D eigenvalue weighted by molar-refractivity contribution is 7.99. The van der Waals surface area contributed by atoms with Gasteiger partial charge in [-0.2, -0.15) is 0 Å². The molecule has 1 aliphatic heterocycles. The Bertz CT molecular complexity index is 773. The summed E-state index contributed by atoms with van der Waals surface area (Å²) in [5.74, 6) is 0.558. The van der Waals surface area contributed by atoms with Crippen LogP contribution in [0.25, 0.3) is 0 Å². The third kappa shape index (κ3) is 2.76. The summed E-state index contributed by atoms with van der Waals surface area (Å²) in [5, 5.41) is 3.50. The highest BCUT2D eigenvalue weighted by atomic mass is 32.2. The van der Waals surface area contributed by atoms with E-state index in [0.717, 1.165) is 5.69 Å². The fourth-order valence-corrected chi connectivity index (χ4v) is 3.57. The van der Waals surface area contributed by atoms with Crippen molar-refractivity contribution in [3.63, 3.8) is 0 Å². The lowest BCUT2D eigenvalue weighted by atomic mass is 10.2. The molecule has 0 aromatic carbocycles. The summed E-state index contributed by atoms with van der Waals surface area (Å²) >= 11 is 1.52. The van der Waals surface area contributed by atoms with Crippen molar-refractivity contribution in [2.75, 3.05) is 11.1 Å². The lowest BCUT2D eigenvalue weighted by Crippen LogP contribution is -2.29. The van der Waals surface area contributed by atoms with E-state index in [4.69, 9.17) is 0 Å². The molecule has 1 aliphatic rings. The molecule has 0 saturated heterocycles. The number of amides is 1. The molecule has 0 spiro atoms. The van der Waals surface area contributed by atoms with Gasteiger partial charge in [0.15, 0.2) is 5.16 Å². The van der Waals surface area contributed by atoms with E-state index in [9.17, 15) is 9.59 Å². The zero-order chi connectivity index (χ0) is 15.7. The zero-order valence-electron chi connectivity index (χ0n) is 12.4. The molecule has 3 rings (SSSR count). The number of rotatable bonds is 3. The van der Waals surface area contributed by atoms with Gasteiger partial charge in [0.2, 0.25) is 5.91 Å². The first kappa shape index (κ1) is 14.8. The Labute approximate surface area is 132 Å². The van der Waals surface area contributed by atoms with E-state index in [1.54, 1.807) is 36.0 Å². The number of thioether (sulfide) groups is 1. The van der Waals surface area contributed by atoms with Crippen molar-refractivity contribution < 1.29 is 4.79 Å². The Morgan fingerprint density at radius 3 is 3.05 bits per heavy atom. The quantitative estimate of drug-likeness (QED) is 0.876. The molecule has 0 saturated carbocycles. The minimum absolute atomic E-state index is 0.0494. The molecule has 3 heterocycles. The molecule has 0 bridgehead atoms. The Balaban J connectivity index is 1.78. The van der Waals surface area contributed by atoms with Crippen LogP contribution in [0.15, 0.2) is 34.5 Å². The Morgan fingerprint density at radius 1 is 1.50 bits per heavy atom. The van der Waals surface area contributed by atoms with Crippen LogP contribution in [-0.4, -0.2) is 26.2 Å². The second-order valence-corrected chi connectivity index (χ2v) is 6.23. The number of carbonyl (C=O) groups excluding carboxylic acids is 1. The van der Waals surface area contributed by atoms with E-state index in [0.29, 0.717) is 22.2 Å². The summed E-state index contributed by atoms with van der Waals surface area (Å²) in [6.07, 6.45) is 3.49.